The van der Waals surface area contributed by atoms with Gasteiger partial charge in [-0.05, 0) is 19.6 Å². The van der Waals surface area contributed by atoms with Crippen molar-refractivity contribution in [1.29, 1.82) is 0 Å². The van der Waals surface area contributed by atoms with E-state index in [4.69, 9.17) is 0 Å². The van der Waals surface area contributed by atoms with E-state index in [1.807, 2.05) is 10.4 Å². The first-order chi connectivity index (χ1) is 7.41. The molecule has 2 rings (SSSR count). The first kappa shape index (κ1) is 10.8. The smallest absolute Gasteiger partial charge is 0.288 e. The third-order valence-corrected chi connectivity index (χ3v) is 4.01. The normalized spacial score (nSPS) is 11.9. The highest BCUT2D eigenvalue weighted by molar-refractivity contribution is 6.75. The maximum absolute atomic E-state index is 11.0. The molecule has 0 N–H and O–H groups in total. The molecule has 6 heteroatoms. The summed E-state index contributed by atoms with van der Waals surface area (Å²) in [6.07, 6.45) is 1.70. The van der Waals surface area contributed by atoms with E-state index < -0.39 is 8.24 Å². The summed E-state index contributed by atoms with van der Waals surface area (Å²) in [5, 5.41) is 16.1. The van der Waals surface area contributed by atoms with Crippen molar-refractivity contribution in [2.75, 3.05) is 0 Å². The second-order valence-corrected chi connectivity index (χ2v) is 9.46. The monoisotopic (exact) mass is 235 g/mol. The molecule has 0 aliphatic heterocycles. The van der Waals surface area contributed by atoms with E-state index in [1.165, 1.54) is 6.07 Å². The Morgan fingerprint density at radius 3 is 2.62 bits per heavy atom. The van der Waals surface area contributed by atoms with E-state index in [2.05, 4.69) is 24.7 Å². The molecule has 0 saturated heterocycles. The molecule has 1 heterocycles. The highest BCUT2D eigenvalue weighted by Crippen LogP contribution is 2.27. The molecule has 0 aliphatic rings. The van der Waals surface area contributed by atoms with Gasteiger partial charge in [-0.2, -0.15) is 5.10 Å². The van der Waals surface area contributed by atoms with Gasteiger partial charge in [-0.25, -0.2) is 0 Å². The molecule has 0 spiro atoms. The highest BCUT2D eigenvalue weighted by Gasteiger charge is 2.24. The Balaban J connectivity index is 2.83. The zero-order valence-corrected chi connectivity index (χ0v) is 10.5. The zero-order chi connectivity index (χ0) is 11.9. The van der Waals surface area contributed by atoms with E-state index in [0.29, 0.717) is 5.52 Å². The summed E-state index contributed by atoms with van der Waals surface area (Å²) in [5.74, 6) is 0. The lowest BCUT2D eigenvalue weighted by atomic mass is 10.2. The number of hydrogen-bond donors (Lipinski definition) is 0. The van der Waals surface area contributed by atoms with E-state index >= 15 is 0 Å². The predicted octanol–water partition coefficient (Wildman–Crippen LogP) is 2.63. The third kappa shape index (κ3) is 1.61. The van der Waals surface area contributed by atoms with Crippen LogP contribution in [0.2, 0.25) is 19.6 Å². The van der Waals surface area contributed by atoms with Crippen molar-refractivity contribution in [1.82, 2.24) is 9.45 Å². The van der Waals surface area contributed by atoms with Crippen LogP contribution in [0.5, 0.6) is 0 Å². The number of nitro groups is 1. The number of fused-ring (bicyclic) bond motifs is 1. The fourth-order valence-electron chi connectivity index (χ4n) is 1.72. The van der Waals surface area contributed by atoms with Gasteiger partial charge in [0.15, 0.2) is 8.24 Å². The van der Waals surface area contributed by atoms with Crippen LogP contribution in [0.15, 0.2) is 24.4 Å². The molecule has 0 bridgehead atoms. The zero-order valence-electron chi connectivity index (χ0n) is 9.47. The Morgan fingerprint density at radius 1 is 1.38 bits per heavy atom. The van der Waals surface area contributed by atoms with Gasteiger partial charge in [-0.15, -0.1) is 0 Å². The molecule has 2 aromatic rings. The molecule has 5 nitrogen and oxygen atoms in total. The van der Waals surface area contributed by atoms with Gasteiger partial charge in [0.1, 0.15) is 5.52 Å². The van der Waals surface area contributed by atoms with Gasteiger partial charge >= 0.3 is 0 Å². The van der Waals surface area contributed by atoms with Gasteiger partial charge in [0.25, 0.3) is 5.69 Å². The third-order valence-electron chi connectivity index (χ3n) is 2.40. The van der Waals surface area contributed by atoms with Crippen molar-refractivity contribution < 1.29 is 4.92 Å². The standard InChI is InChI=1S/C10H13N3O2Si/c1-16(2,3)12-10-8(7-11-12)5-4-6-9(10)13(14)15/h4-7H,1-3H3. The number of hydrogen-bond acceptors (Lipinski definition) is 3. The minimum atomic E-state index is -1.72. The molecule has 0 amide bonds. The van der Waals surface area contributed by atoms with Crippen LogP contribution in [0.1, 0.15) is 0 Å². The summed E-state index contributed by atoms with van der Waals surface area (Å²) in [6, 6.07) is 5.07. The largest absolute Gasteiger partial charge is 0.294 e. The molecule has 0 fully saturated rings. The average molecular weight is 235 g/mol. The SMILES string of the molecule is C[Si](C)(C)n1ncc2cccc([N+](=O)[O-])c21. The second kappa shape index (κ2) is 3.41. The van der Waals surface area contributed by atoms with Crippen LogP contribution >= 0.6 is 0 Å². The summed E-state index contributed by atoms with van der Waals surface area (Å²) < 4.78 is 1.83. The number of para-hydroxylation sites is 1. The quantitative estimate of drug-likeness (QED) is 0.456. The molecule has 0 aliphatic carbocycles. The first-order valence-electron chi connectivity index (χ1n) is 5.03. The Kier molecular flexibility index (Phi) is 2.31. The summed E-state index contributed by atoms with van der Waals surface area (Å²) in [5.41, 5.74) is 0.782. The summed E-state index contributed by atoms with van der Waals surface area (Å²) in [4.78, 5) is 10.6. The van der Waals surface area contributed by atoms with Crippen LogP contribution in [0, 0.1) is 10.1 Å². The van der Waals surface area contributed by atoms with Crippen molar-refractivity contribution in [2.24, 2.45) is 0 Å². The average Bonchev–Trinajstić information content (AvgIpc) is 2.59. The fraction of sp³-hybridized carbons (Fsp3) is 0.300. The van der Waals surface area contributed by atoms with Crippen molar-refractivity contribution in [3.05, 3.63) is 34.5 Å². The van der Waals surface area contributed by atoms with Gasteiger partial charge in [0.05, 0.1) is 11.1 Å². The molecule has 0 radical (unpaired) electrons. The lowest BCUT2D eigenvalue weighted by Crippen LogP contribution is -2.33. The van der Waals surface area contributed by atoms with E-state index in [9.17, 15) is 10.1 Å². The Hall–Kier alpha value is -1.69. The highest BCUT2D eigenvalue weighted by atomic mass is 28.3. The van der Waals surface area contributed by atoms with E-state index in [-0.39, 0.29) is 10.6 Å². The van der Waals surface area contributed by atoms with Gasteiger partial charge in [-0.1, -0.05) is 12.1 Å². The first-order valence-corrected chi connectivity index (χ1v) is 8.47. The molecule has 0 saturated carbocycles. The van der Waals surface area contributed by atoms with Crippen LogP contribution in [-0.2, 0) is 0 Å². The van der Waals surface area contributed by atoms with Crippen molar-refractivity contribution in [3.8, 4) is 0 Å². The number of rotatable bonds is 2. The van der Waals surface area contributed by atoms with Crippen molar-refractivity contribution in [2.45, 2.75) is 19.6 Å². The Labute approximate surface area is 93.9 Å². The molecule has 1 aromatic carbocycles. The maximum Gasteiger partial charge on any atom is 0.294 e. The summed E-state index contributed by atoms with van der Waals surface area (Å²) in [6.45, 7) is 6.32. The lowest BCUT2D eigenvalue weighted by Gasteiger charge is -2.17. The van der Waals surface area contributed by atoms with Gasteiger partial charge in [0, 0.05) is 11.5 Å². The van der Waals surface area contributed by atoms with Crippen LogP contribution in [0.25, 0.3) is 10.9 Å². The molecule has 16 heavy (non-hydrogen) atoms. The van der Waals surface area contributed by atoms with Crippen LogP contribution in [0.3, 0.4) is 0 Å². The summed E-state index contributed by atoms with van der Waals surface area (Å²) in [7, 11) is -1.72. The lowest BCUT2D eigenvalue weighted by molar-refractivity contribution is -0.383. The molecular weight excluding hydrogens is 222 g/mol. The number of nitro benzene ring substituents is 1. The van der Waals surface area contributed by atoms with E-state index in [0.717, 1.165) is 5.39 Å². The van der Waals surface area contributed by atoms with Crippen LogP contribution in [0.4, 0.5) is 5.69 Å². The van der Waals surface area contributed by atoms with Gasteiger partial charge in [0.2, 0.25) is 0 Å². The topological polar surface area (TPSA) is 61.0 Å². The Morgan fingerprint density at radius 2 is 2.06 bits per heavy atom. The number of non-ortho nitro benzene ring substituents is 1. The molecule has 0 atom stereocenters. The second-order valence-electron chi connectivity index (χ2n) is 4.70. The van der Waals surface area contributed by atoms with Gasteiger partial charge < -0.3 is 0 Å². The van der Waals surface area contributed by atoms with Crippen LogP contribution in [-0.4, -0.2) is 22.6 Å². The Bertz CT molecular complexity index is 557. The van der Waals surface area contributed by atoms with Gasteiger partial charge in [-0.3, -0.25) is 14.5 Å². The molecule has 1 aromatic heterocycles. The number of aromatic nitrogens is 2. The fourth-order valence-corrected chi connectivity index (χ4v) is 3.04. The molecule has 84 valence electrons. The van der Waals surface area contributed by atoms with Crippen LogP contribution < -0.4 is 0 Å². The minimum Gasteiger partial charge on any atom is -0.288 e. The predicted molar refractivity (Wildman–Crippen MR) is 65.1 cm³/mol. The number of nitrogens with zero attached hydrogens (tertiary/aromatic N) is 3. The minimum absolute atomic E-state index is 0.137. The van der Waals surface area contributed by atoms with Crippen molar-refractivity contribution >= 4 is 24.8 Å². The maximum atomic E-state index is 11.0. The van der Waals surface area contributed by atoms with Crippen molar-refractivity contribution in [3.63, 3.8) is 0 Å². The molecule has 0 unspecified atom stereocenters. The summed E-state index contributed by atoms with van der Waals surface area (Å²) >= 11 is 0. The molecular formula is C10H13N3O2Si. The van der Waals surface area contributed by atoms with E-state index in [1.54, 1.807) is 12.3 Å². The number of benzene rings is 1.